The van der Waals surface area contributed by atoms with Gasteiger partial charge in [-0.25, -0.2) is 18.2 Å². The first-order chi connectivity index (χ1) is 29.9. The number of nitrogens with zero attached hydrogens (tertiary/aromatic N) is 5. The Morgan fingerprint density at radius 3 is 2.32 bits per heavy atom. The molecule has 6 heterocycles. The number of carbonyl (C=O) groups excluding carboxylic acids is 3. The third-order valence-corrected chi connectivity index (χ3v) is 14.2. The first-order valence-corrected chi connectivity index (χ1v) is 22.5. The number of pyridine rings is 1. The molecule has 4 aliphatic rings. The SMILES string of the molecule is O=C1CCC(c2cccc(N3CCN(CC4CCN(c5ccc(-c6cnc7[nH]cc(C(=O)c8c(F)ccc(NS(=O)(=O)N9CC[C@@H](F)C9)c8F)c7c6)cc5)CC4)CC3)c2)C(=O)N1. The van der Waals surface area contributed by atoms with Crippen LogP contribution in [0.4, 0.5) is 30.2 Å². The van der Waals surface area contributed by atoms with Crippen LogP contribution in [0.25, 0.3) is 22.2 Å². The number of imide groups is 1. The number of benzene rings is 3. The van der Waals surface area contributed by atoms with E-state index in [1.165, 1.54) is 6.20 Å². The van der Waals surface area contributed by atoms with Gasteiger partial charge in [-0.1, -0.05) is 24.3 Å². The average molecular weight is 869 g/mol. The minimum atomic E-state index is -4.35. The van der Waals surface area contributed by atoms with E-state index in [9.17, 15) is 27.2 Å². The normalized spacial score (nSPS) is 20.8. The van der Waals surface area contributed by atoms with Gasteiger partial charge in [-0.3, -0.25) is 29.3 Å². The highest BCUT2D eigenvalue weighted by Gasteiger charge is 2.34. The highest BCUT2D eigenvalue weighted by molar-refractivity contribution is 7.90. The number of aromatic nitrogens is 2. The number of nitrogens with one attached hydrogen (secondary N) is 3. The summed E-state index contributed by atoms with van der Waals surface area (Å²) in [7, 11) is -4.35. The fourth-order valence-corrected chi connectivity index (χ4v) is 10.4. The lowest BCUT2D eigenvalue weighted by Crippen LogP contribution is -2.49. The molecule has 0 bridgehead atoms. The molecule has 4 fully saturated rings. The Balaban J connectivity index is 0.799. The highest BCUT2D eigenvalue weighted by atomic mass is 32.2. The average Bonchev–Trinajstić information content (AvgIpc) is 3.92. The highest BCUT2D eigenvalue weighted by Crippen LogP contribution is 2.33. The number of ketones is 1. The molecule has 3 aromatic carbocycles. The van der Waals surface area contributed by atoms with Crippen molar-refractivity contribution in [2.75, 3.05) is 73.4 Å². The van der Waals surface area contributed by atoms with Crippen LogP contribution in [0.2, 0.25) is 0 Å². The number of alkyl halides is 1. The van der Waals surface area contributed by atoms with Crippen molar-refractivity contribution >= 4 is 55.9 Å². The molecular formula is C45H47F3N8O5S. The van der Waals surface area contributed by atoms with E-state index in [2.05, 4.69) is 54.2 Å². The Hall–Kier alpha value is -5.78. The van der Waals surface area contributed by atoms with E-state index in [0.717, 1.165) is 97.6 Å². The largest absolute Gasteiger partial charge is 0.372 e. The van der Waals surface area contributed by atoms with Crippen LogP contribution in [0.5, 0.6) is 0 Å². The van der Waals surface area contributed by atoms with Gasteiger partial charge in [0.15, 0.2) is 5.82 Å². The number of hydrogen-bond donors (Lipinski definition) is 3. The molecule has 9 rings (SSSR count). The van der Waals surface area contributed by atoms with Gasteiger partial charge in [0.25, 0.3) is 0 Å². The zero-order valence-electron chi connectivity index (χ0n) is 34.0. The van der Waals surface area contributed by atoms with E-state index < -0.39 is 45.0 Å². The molecule has 2 aromatic heterocycles. The number of aromatic amines is 1. The molecule has 0 spiro atoms. The maximum Gasteiger partial charge on any atom is 0.301 e. The maximum absolute atomic E-state index is 15.7. The summed E-state index contributed by atoms with van der Waals surface area (Å²) in [6.45, 7) is 6.22. The lowest BCUT2D eigenvalue weighted by molar-refractivity contribution is -0.134. The lowest BCUT2D eigenvalue weighted by atomic mass is 9.90. The number of fused-ring (bicyclic) bond motifs is 1. The summed E-state index contributed by atoms with van der Waals surface area (Å²) < 4.78 is 73.0. The van der Waals surface area contributed by atoms with Crippen LogP contribution in [-0.4, -0.2) is 110 Å². The molecule has 13 nitrogen and oxygen atoms in total. The fourth-order valence-electron chi connectivity index (χ4n) is 9.17. The van der Waals surface area contributed by atoms with Crippen LogP contribution in [0, 0.1) is 17.6 Å². The summed E-state index contributed by atoms with van der Waals surface area (Å²) >= 11 is 0. The molecule has 3 N–H and O–H groups in total. The van der Waals surface area contributed by atoms with Gasteiger partial charge in [-0.05, 0) is 85.2 Å². The number of rotatable bonds is 11. The number of anilines is 3. The Morgan fingerprint density at radius 1 is 0.839 bits per heavy atom. The summed E-state index contributed by atoms with van der Waals surface area (Å²) in [6.07, 6.45) is 4.70. The zero-order valence-corrected chi connectivity index (χ0v) is 34.8. The van der Waals surface area contributed by atoms with E-state index in [0.29, 0.717) is 35.4 Å². The van der Waals surface area contributed by atoms with Crippen molar-refractivity contribution in [3.63, 3.8) is 0 Å². The van der Waals surface area contributed by atoms with Crippen molar-refractivity contribution in [2.45, 2.75) is 44.2 Å². The van der Waals surface area contributed by atoms with Gasteiger partial charge in [0.05, 0.1) is 17.2 Å². The minimum Gasteiger partial charge on any atom is -0.372 e. The van der Waals surface area contributed by atoms with Gasteiger partial charge < -0.3 is 14.8 Å². The maximum atomic E-state index is 15.7. The molecular weight excluding hydrogens is 822 g/mol. The van der Waals surface area contributed by atoms with Crippen molar-refractivity contribution in [2.24, 2.45) is 5.92 Å². The van der Waals surface area contributed by atoms with Crippen LogP contribution in [0.15, 0.2) is 79.1 Å². The summed E-state index contributed by atoms with van der Waals surface area (Å²) in [4.78, 5) is 52.5. The smallest absolute Gasteiger partial charge is 0.301 e. The number of amides is 2. The Kier molecular flexibility index (Phi) is 11.5. The third kappa shape index (κ3) is 8.52. The second-order valence-corrected chi connectivity index (χ2v) is 18.3. The van der Waals surface area contributed by atoms with Crippen LogP contribution in [-0.2, 0) is 19.8 Å². The summed E-state index contributed by atoms with van der Waals surface area (Å²) in [5.41, 5.74) is 3.45. The second kappa shape index (κ2) is 17.2. The number of hydrogen-bond acceptors (Lipinski definition) is 9. The number of halogens is 3. The van der Waals surface area contributed by atoms with Crippen molar-refractivity contribution in [3.8, 4) is 11.1 Å². The fraction of sp³-hybridized carbons (Fsp3) is 0.378. The molecule has 5 aromatic rings. The van der Waals surface area contributed by atoms with Gasteiger partial charge in [-0.2, -0.15) is 12.7 Å². The van der Waals surface area contributed by atoms with E-state index in [4.69, 9.17) is 0 Å². The van der Waals surface area contributed by atoms with Crippen molar-refractivity contribution in [1.82, 2.24) is 24.5 Å². The molecule has 62 heavy (non-hydrogen) atoms. The van der Waals surface area contributed by atoms with E-state index in [-0.39, 0.29) is 42.8 Å². The number of piperazine rings is 1. The predicted octanol–water partition coefficient (Wildman–Crippen LogP) is 6.00. The van der Waals surface area contributed by atoms with Gasteiger partial charge in [0.1, 0.15) is 17.6 Å². The second-order valence-electron chi connectivity index (χ2n) is 16.7. The topological polar surface area (TPSA) is 151 Å². The lowest BCUT2D eigenvalue weighted by Gasteiger charge is -2.40. The molecule has 0 aliphatic carbocycles. The molecule has 2 amide bonds. The monoisotopic (exact) mass is 868 g/mol. The first-order valence-electron chi connectivity index (χ1n) is 21.1. The van der Waals surface area contributed by atoms with Crippen LogP contribution in [0.1, 0.15) is 59.5 Å². The molecule has 0 saturated carbocycles. The molecule has 2 atom stereocenters. The summed E-state index contributed by atoms with van der Waals surface area (Å²) in [6, 6.07) is 19.7. The van der Waals surface area contributed by atoms with Crippen LogP contribution < -0.4 is 19.8 Å². The number of piperidine rings is 2. The van der Waals surface area contributed by atoms with Gasteiger partial charge in [0, 0.05) is 106 Å². The molecule has 1 unspecified atom stereocenters. The van der Waals surface area contributed by atoms with E-state index in [1.54, 1.807) is 12.3 Å². The first kappa shape index (κ1) is 41.6. The Bertz CT molecular complexity index is 2630. The molecule has 4 aliphatic heterocycles. The van der Waals surface area contributed by atoms with Crippen molar-refractivity contribution in [3.05, 3.63) is 107 Å². The van der Waals surface area contributed by atoms with Crippen LogP contribution >= 0.6 is 0 Å². The van der Waals surface area contributed by atoms with Crippen molar-refractivity contribution < 1.29 is 36.0 Å². The molecule has 324 valence electrons. The predicted molar refractivity (Wildman–Crippen MR) is 230 cm³/mol. The number of H-pyrrole nitrogens is 1. The summed E-state index contributed by atoms with van der Waals surface area (Å²) in [5.74, 6) is -3.65. The minimum absolute atomic E-state index is 0.00813. The van der Waals surface area contributed by atoms with Gasteiger partial charge in [-0.15, -0.1) is 0 Å². The molecule has 17 heteroatoms. The van der Waals surface area contributed by atoms with E-state index in [1.807, 2.05) is 29.0 Å². The molecule has 0 radical (unpaired) electrons. The third-order valence-electron chi connectivity index (χ3n) is 12.7. The van der Waals surface area contributed by atoms with E-state index >= 15 is 8.78 Å². The Morgan fingerprint density at radius 2 is 1.60 bits per heavy atom. The van der Waals surface area contributed by atoms with Gasteiger partial charge in [0.2, 0.25) is 17.6 Å². The quantitative estimate of drug-likeness (QED) is 0.107. The standard InChI is InChI=1S/C45H47F3N8O5S/c46-32-14-17-56(27-32)62(60,61)52-39-10-9-38(47)41(42(39)48)43(58)37-25-50-44-36(37)23-31(24-49-44)29-4-6-33(7-5-29)54-15-12-28(13-16-54)26-53-18-20-55(21-19-53)34-3-1-2-30(22-34)35-8-11-40(57)51-45(35)59/h1-7,9-10,22-25,28,32,35,52H,8,11-21,26-27H2,(H,49,50)(H,51,57,59)/t32-,35?/m1/s1. The van der Waals surface area contributed by atoms with Gasteiger partial charge >= 0.3 is 10.2 Å². The summed E-state index contributed by atoms with van der Waals surface area (Å²) in [5, 5.41) is 2.81. The molecule has 4 saturated heterocycles. The zero-order chi connectivity index (χ0) is 43.1. The Labute approximate surface area is 357 Å². The van der Waals surface area contributed by atoms with Crippen LogP contribution in [0.3, 0.4) is 0 Å². The van der Waals surface area contributed by atoms with Crippen molar-refractivity contribution in [1.29, 1.82) is 0 Å². The number of carbonyl (C=O) groups is 3.